The van der Waals surface area contributed by atoms with Crippen LogP contribution in [0.2, 0.25) is 0 Å². The van der Waals surface area contributed by atoms with Crippen molar-refractivity contribution in [3.8, 4) is 0 Å². The number of amides is 1. The van der Waals surface area contributed by atoms with Crippen molar-refractivity contribution in [1.82, 2.24) is 20.2 Å². The second-order valence-electron chi connectivity index (χ2n) is 7.02. The summed E-state index contributed by atoms with van der Waals surface area (Å²) < 4.78 is 0. The summed E-state index contributed by atoms with van der Waals surface area (Å²) in [6.45, 7) is 3.87. The Morgan fingerprint density at radius 1 is 1.08 bits per heavy atom. The molecule has 0 saturated carbocycles. The predicted octanol–water partition coefficient (Wildman–Crippen LogP) is 1.79. The summed E-state index contributed by atoms with van der Waals surface area (Å²) in [4.78, 5) is 25.5. The first-order valence-corrected chi connectivity index (χ1v) is 9.41. The number of hydrogen-bond acceptors (Lipinski definition) is 5. The molecule has 6 nitrogen and oxygen atoms in total. The average Bonchev–Trinajstić information content (AvgIpc) is 2.69. The molecule has 4 rings (SSSR count). The summed E-state index contributed by atoms with van der Waals surface area (Å²) in [5.74, 6) is 0.895. The van der Waals surface area contributed by atoms with Crippen LogP contribution in [-0.2, 0) is 11.2 Å². The molecule has 136 valence electrons. The Kier molecular flexibility index (Phi) is 5.11. The van der Waals surface area contributed by atoms with Gasteiger partial charge in [-0.25, -0.2) is 9.97 Å². The van der Waals surface area contributed by atoms with Gasteiger partial charge in [0.25, 0.3) is 0 Å². The van der Waals surface area contributed by atoms with E-state index in [4.69, 9.17) is 0 Å². The summed E-state index contributed by atoms with van der Waals surface area (Å²) in [6, 6.07) is 10.5. The molecule has 1 amide bonds. The second kappa shape index (κ2) is 7.83. The van der Waals surface area contributed by atoms with Gasteiger partial charge in [0.15, 0.2) is 0 Å². The lowest BCUT2D eigenvalue weighted by atomic mass is 9.88. The number of hydrogen-bond donors (Lipinski definition) is 1. The highest BCUT2D eigenvalue weighted by atomic mass is 16.2. The van der Waals surface area contributed by atoms with Gasteiger partial charge in [-0.1, -0.05) is 24.3 Å². The van der Waals surface area contributed by atoms with E-state index >= 15 is 0 Å². The highest BCUT2D eigenvalue weighted by Crippen LogP contribution is 2.29. The van der Waals surface area contributed by atoms with Gasteiger partial charge in [-0.2, -0.15) is 0 Å². The van der Waals surface area contributed by atoms with Crippen LogP contribution >= 0.6 is 0 Å². The zero-order valence-electron chi connectivity index (χ0n) is 15.0. The molecule has 26 heavy (non-hydrogen) atoms. The molecule has 1 aliphatic heterocycles. The number of carbonyl (C=O) groups excluding carboxylic acids is 1. The van der Waals surface area contributed by atoms with Crippen LogP contribution in [-0.4, -0.2) is 53.5 Å². The largest absolute Gasteiger partial charge is 0.348 e. The van der Waals surface area contributed by atoms with Crippen LogP contribution < -0.4 is 10.2 Å². The normalized spacial score (nSPS) is 20.5. The molecule has 0 bridgehead atoms. The van der Waals surface area contributed by atoms with E-state index in [2.05, 4.69) is 49.4 Å². The van der Waals surface area contributed by atoms with Crippen molar-refractivity contribution in [2.24, 2.45) is 0 Å². The molecule has 0 unspecified atom stereocenters. The zero-order chi connectivity index (χ0) is 17.8. The molecule has 0 spiro atoms. The average molecular weight is 351 g/mol. The van der Waals surface area contributed by atoms with Gasteiger partial charge in [0, 0.05) is 38.6 Å². The molecule has 2 heterocycles. The van der Waals surface area contributed by atoms with Gasteiger partial charge in [0.05, 0.1) is 12.6 Å². The first-order valence-electron chi connectivity index (χ1n) is 9.41. The Hall–Kier alpha value is -2.47. The van der Waals surface area contributed by atoms with Crippen LogP contribution in [0.5, 0.6) is 0 Å². The first-order chi connectivity index (χ1) is 12.8. The maximum Gasteiger partial charge on any atom is 0.234 e. The van der Waals surface area contributed by atoms with Crippen molar-refractivity contribution in [3.05, 3.63) is 53.9 Å². The molecule has 1 saturated heterocycles. The molecule has 6 heteroatoms. The van der Waals surface area contributed by atoms with Crippen LogP contribution in [0.15, 0.2) is 42.7 Å². The molecule has 1 aromatic carbocycles. The SMILES string of the molecule is O=C(CN1CCN(c2ncccn2)CC1)N[C@H]1CCCc2ccccc21. The van der Waals surface area contributed by atoms with E-state index in [1.54, 1.807) is 12.4 Å². The number of fused-ring (bicyclic) bond motifs is 1. The summed E-state index contributed by atoms with van der Waals surface area (Å²) in [7, 11) is 0. The number of benzene rings is 1. The van der Waals surface area contributed by atoms with Crippen LogP contribution in [0.4, 0.5) is 5.95 Å². The molecular weight excluding hydrogens is 326 g/mol. The number of nitrogens with zero attached hydrogens (tertiary/aromatic N) is 4. The standard InChI is InChI=1S/C20H25N5O/c26-19(23-18-8-3-6-16-5-1-2-7-17(16)18)15-24-11-13-25(14-12-24)20-21-9-4-10-22-20/h1-2,4-5,7,9-10,18H,3,6,8,11-15H2,(H,23,26)/t18-/m0/s1. The molecule has 1 N–H and O–H groups in total. The van der Waals surface area contributed by atoms with Gasteiger partial charge >= 0.3 is 0 Å². The number of aryl methyl sites for hydroxylation is 1. The molecule has 1 aliphatic carbocycles. The molecular formula is C20H25N5O. The van der Waals surface area contributed by atoms with Gasteiger partial charge in [0.1, 0.15) is 0 Å². The van der Waals surface area contributed by atoms with Gasteiger partial charge in [-0.05, 0) is 36.5 Å². The smallest absolute Gasteiger partial charge is 0.234 e. The molecule has 1 fully saturated rings. The minimum absolute atomic E-state index is 0.121. The minimum atomic E-state index is 0.121. The van der Waals surface area contributed by atoms with E-state index in [1.165, 1.54) is 11.1 Å². The van der Waals surface area contributed by atoms with Gasteiger partial charge in [0.2, 0.25) is 11.9 Å². The van der Waals surface area contributed by atoms with Gasteiger partial charge in [-0.15, -0.1) is 0 Å². The van der Waals surface area contributed by atoms with Crippen LogP contribution in [0, 0.1) is 0 Å². The summed E-state index contributed by atoms with van der Waals surface area (Å²) in [5.41, 5.74) is 2.67. The third kappa shape index (κ3) is 3.85. The van der Waals surface area contributed by atoms with Crippen molar-refractivity contribution in [2.45, 2.75) is 25.3 Å². The summed E-state index contributed by atoms with van der Waals surface area (Å²) in [6.07, 6.45) is 6.82. The van der Waals surface area contributed by atoms with E-state index in [-0.39, 0.29) is 11.9 Å². The fourth-order valence-electron chi connectivity index (χ4n) is 3.91. The lowest BCUT2D eigenvalue weighted by Gasteiger charge is -2.34. The zero-order valence-corrected chi connectivity index (χ0v) is 15.0. The van der Waals surface area contributed by atoms with E-state index in [9.17, 15) is 4.79 Å². The molecule has 0 radical (unpaired) electrons. The number of rotatable bonds is 4. The number of nitrogens with one attached hydrogen (secondary N) is 1. The van der Waals surface area contributed by atoms with Crippen molar-refractivity contribution < 1.29 is 4.79 Å². The lowest BCUT2D eigenvalue weighted by Crippen LogP contribution is -2.50. The van der Waals surface area contributed by atoms with Crippen molar-refractivity contribution in [2.75, 3.05) is 37.6 Å². The Morgan fingerprint density at radius 2 is 1.85 bits per heavy atom. The van der Waals surface area contributed by atoms with Crippen LogP contribution in [0.1, 0.15) is 30.0 Å². The van der Waals surface area contributed by atoms with E-state index in [1.807, 2.05) is 6.07 Å². The number of aromatic nitrogens is 2. The summed E-state index contributed by atoms with van der Waals surface area (Å²) in [5, 5.41) is 3.25. The molecule has 2 aromatic rings. The van der Waals surface area contributed by atoms with E-state index in [0.717, 1.165) is 51.4 Å². The van der Waals surface area contributed by atoms with Crippen molar-refractivity contribution >= 4 is 11.9 Å². The number of piperazine rings is 1. The van der Waals surface area contributed by atoms with E-state index < -0.39 is 0 Å². The van der Waals surface area contributed by atoms with Gasteiger partial charge < -0.3 is 10.2 Å². The third-order valence-corrected chi connectivity index (χ3v) is 5.28. The number of carbonyl (C=O) groups is 1. The Bertz CT molecular complexity index is 743. The van der Waals surface area contributed by atoms with Crippen LogP contribution in [0.25, 0.3) is 0 Å². The molecule has 2 aliphatic rings. The second-order valence-corrected chi connectivity index (χ2v) is 7.02. The minimum Gasteiger partial charge on any atom is -0.348 e. The fraction of sp³-hybridized carbons (Fsp3) is 0.450. The number of anilines is 1. The maximum atomic E-state index is 12.5. The fourth-order valence-corrected chi connectivity index (χ4v) is 3.91. The first kappa shape index (κ1) is 17.0. The van der Waals surface area contributed by atoms with Gasteiger partial charge in [-0.3, -0.25) is 9.69 Å². The van der Waals surface area contributed by atoms with Crippen molar-refractivity contribution in [3.63, 3.8) is 0 Å². The Labute approximate surface area is 154 Å². The topological polar surface area (TPSA) is 61.4 Å². The van der Waals surface area contributed by atoms with Crippen LogP contribution in [0.3, 0.4) is 0 Å². The highest BCUT2D eigenvalue weighted by Gasteiger charge is 2.24. The monoisotopic (exact) mass is 351 g/mol. The van der Waals surface area contributed by atoms with Crippen molar-refractivity contribution in [1.29, 1.82) is 0 Å². The maximum absolute atomic E-state index is 12.5. The Balaban J connectivity index is 1.29. The lowest BCUT2D eigenvalue weighted by molar-refractivity contribution is -0.123. The predicted molar refractivity (Wildman–Crippen MR) is 101 cm³/mol. The molecule has 1 atom stereocenters. The summed E-state index contributed by atoms with van der Waals surface area (Å²) >= 11 is 0. The highest BCUT2D eigenvalue weighted by molar-refractivity contribution is 5.78. The Morgan fingerprint density at radius 3 is 2.65 bits per heavy atom. The third-order valence-electron chi connectivity index (χ3n) is 5.28. The van der Waals surface area contributed by atoms with E-state index in [0.29, 0.717) is 6.54 Å². The quantitative estimate of drug-likeness (QED) is 0.910. The molecule has 1 aromatic heterocycles.